The van der Waals surface area contributed by atoms with Gasteiger partial charge >= 0.3 is 0 Å². The molecule has 6 nitrogen and oxygen atoms in total. The van der Waals surface area contributed by atoms with Crippen LogP contribution in [0.15, 0.2) is 212 Å². The van der Waals surface area contributed by atoms with Crippen molar-refractivity contribution in [3.63, 3.8) is 0 Å². The van der Waals surface area contributed by atoms with Crippen molar-refractivity contribution in [3.05, 3.63) is 234 Å². The number of hydrogen-bond acceptors (Lipinski definition) is 1. The lowest BCUT2D eigenvalue weighted by molar-refractivity contribution is 0.967. The van der Waals surface area contributed by atoms with Gasteiger partial charge in [-0.25, -0.2) is 4.98 Å². The van der Waals surface area contributed by atoms with Crippen LogP contribution >= 0.6 is 0 Å². The zero-order chi connectivity index (χ0) is 47.7. The lowest BCUT2D eigenvalue weighted by Gasteiger charge is -2.14. The van der Waals surface area contributed by atoms with E-state index in [9.17, 15) is 0 Å². The number of hydrogen-bond donors (Lipinski definition) is 0. The van der Waals surface area contributed by atoms with Crippen molar-refractivity contribution < 1.29 is 0 Å². The van der Waals surface area contributed by atoms with Crippen LogP contribution in [0.1, 0.15) is 30.5 Å². The third-order valence-electron chi connectivity index (χ3n) is 15.8. The highest BCUT2D eigenvalue weighted by molar-refractivity contribution is 6.11. The average molecular weight is 935 g/mol. The van der Waals surface area contributed by atoms with Crippen molar-refractivity contribution in [1.29, 1.82) is 0 Å². The molecule has 5 aromatic heterocycles. The van der Waals surface area contributed by atoms with Gasteiger partial charge in [-0.05, 0) is 153 Å². The van der Waals surface area contributed by atoms with E-state index in [0.29, 0.717) is 0 Å². The van der Waals surface area contributed by atoms with E-state index in [4.69, 9.17) is 4.98 Å². The number of aromatic nitrogens is 6. The lowest BCUT2D eigenvalue weighted by Crippen LogP contribution is -2.30. The molecule has 73 heavy (non-hydrogen) atoms. The van der Waals surface area contributed by atoms with Gasteiger partial charge in [0, 0.05) is 82.6 Å². The molecular formula is C67H46N6. The fourth-order valence-corrected chi connectivity index (χ4v) is 12.6. The predicted molar refractivity (Wildman–Crippen MR) is 304 cm³/mol. The van der Waals surface area contributed by atoms with Gasteiger partial charge in [0.25, 0.3) is 0 Å². The van der Waals surface area contributed by atoms with Gasteiger partial charge in [-0.15, -0.1) is 0 Å². The molecule has 9 aromatic carbocycles. The third kappa shape index (κ3) is 5.89. The average Bonchev–Trinajstić information content (AvgIpc) is 4.25. The number of aryl methyl sites for hydroxylation is 1. The summed E-state index contributed by atoms with van der Waals surface area (Å²) in [6.07, 6.45) is 13.6. The number of fused-ring (bicyclic) bond motifs is 13. The van der Waals surface area contributed by atoms with Crippen LogP contribution < -0.4 is 10.6 Å². The highest BCUT2D eigenvalue weighted by Gasteiger charge is 2.23. The van der Waals surface area contributed by atoms with Crippen molar-refractivity contribution >= 4 is 94.7 Å². The fourth-order valence-electron chi connectivity index (χ4n) is 12.6. The maximum atomic E-state index is 5.69. The minimum atomic E-state index is 0.908. The Morgan fingerprint density at radius 1 is 0.342 bits per heavy atom. The molecule has 2 aliphatic rings. The van der Waals surface area contributed by atoms with Crippen LogP contribution in [0.4, 0.5) is 0 Å². The summed E-state index contributed by atoms with van der Waals surface area (Å²) in [4.78, 5) is 5.69. The number of benzene rings is 9. The summed E-state index contributed by atoms with van der Waals surface area (Å²) in [5.41, 5.74) is 18.6. The van der Waals surface area contributed by atoms with Crippen molar-refractivity contribution in [3.8, 4) is 39.8 Å². The quantitative estimate of drug-likeness (QED) is 0.164. The first-order valence-corrected chi connectivity index (χ1v) is 25.6. The predicted octanol–water partition coefficient (Wildman–Crippen LogP) is 15.1. The second-order valence-corrected chi connectivity index (χ2v) is 19.7. The summed E-state index contributed by atoms with van der Waals surface area (Å²) >= 11 is 0. The monoisotopic (exact) mass is 934 g/mol. The molecule has 0 atom stereocenters. The van der Waals surface area contributed by atoms with Crippen LogP contribution in [0.3, 0.4) is 0 Å². The van der Waals surface area contributed by atoms with Crippen LogP contribution in [-0.2, 0) is 6.42 Å². The second-order valence-electron chi connectivity index (χ2n) is 19.7. The summed E-state index contributed by atoms with van der Waals surface area (Å²) in [5.74, 6) is 0.908. The van der Waals surface area contributed by atoms with Crippen molar-refractivity contribution in [2.45, 2.75) is 25.7 Å². The molecule has 344 valence electrons. The van der Waals surface area contributed by atoms with E-state index in [1.165, 1.54) is 81.7 Å². The molecule has 0 radical (unpaired) electrons. The van der Waals surface area contributed by atoms with Crippen LogP contribution in [0.2, 0.25) is 0 Å². The first kappa shape index (κ1) is 40.4. The minimum Gasteiger partial charge on any atom is -0.310 e. The first-order valence-electron chi connectivity index (χ1n) is 25.6. The number of para-hydroxylation sites is 5. The number of imidazole rings is 1. The molecule has 0 bridgehead atoms. The Hall–Kier alpha value is -9.39. The Labute approximate surface area is 420 Å². The molecule has 0 unspecified atom stereocenters. The summed E-state index contributed by atoms with van der Waals surface area (Å²) in [6.45, 7) is 0. The number of nitrogens with zero attached hydrogens (tertiary/aromatic N) is 6. The Kier molecular flexibility index (Phi) is 8.60. The van der Waals surface area contributed by atoms with E-state index in [1.807, 2.05) is 0 Å². The lowest BCUT2D eigenvalue weighted by atomic mass is 10.0. The normalized spacial score (nSPS) is 13.4. The van der Waals surface area contributed by atoms with E-state index in [2.05, 4.69) is 253 Å². The van der Waals surface area contributed by atoms with E-state index >= 15 is 0 Å². The van der Waals surface area contributed by atoms with Gasteiger partial charge in [0.15, 0.2) is 0 Å². The highest BCUT2D eigenvalue weighted by Crippen LogP contribution is 2.40. The van der Waals surface area contributed by atoms with Gasteiger partial charge in [-0.3, -0.25) is 4.57 Å². The van der Waals surface area contributed by atoms with Gasteiger partial charge in [0.05, 0.1) is 44.1 Å². The molecule has 0 spiro atoms. The van der Waals surface area contributed by atoms with Crippen LogP contribution in [0.5, 0.6) is 0 Å². The van der Waals surface area contributed by atoms with E-state index in [-0.39, 0.29) is 0 Å². The molecule has 16 rings (SSSR count). The maximum absolute atomic E-state index is 5.69. The molecule has 0 saturated carbocycles. The van der Waals surface area contributed by atoms with Crippen LogP contribution in [0, 0.1) is 0 Å². The smallest absolute Gasteiger partial charge is 0.145 e. The van der Waals surface area contributed by atoms with E-state index in [1.54, 1.807) is 0 Å². The molecule has 0 fully saturated rings. The summed E-state index contributed by atoms with van der Waals surface area (Å²) < 4.78 is 12.1. The Morgan fingerprint density at radius 3 is 1.53 bits per heavy atom. The molecule has 5 heterocycles. The first-order chi connectivity index (χ1) is 36.2. The summed E-state index contributed by atoms with van der Waals surface area (Å²) in [6, 6.07) is 75.7. The van der Waals surface area contributed by atoms with Crippen molar-refractivity contribution in [2.24, 2.45) is 0 Å². The highest BCUT2D eigenvalue weighted by atomic mass is 15.1. The number of rotatable bonds is 6. The molecular weight excluding hydrogens is 889 g/mol. The van der Waals surface area contributed by atoms with Crippen LogP contribution in [0.25, 0.3) is 135 Å². The molecule has 0 N–H and O–H groups in total. The molecule has 0 amide bonds. The Bertz CT molecular complexity index is 4760. The zero-order valence-corrected chi connectivity index (χ0v) is 40.0. The van der Waals surface area contributed by atoms with Gasteiger partial charge in [0.2, 0.25) is 0 Å². The van der Waals surface area contributed by atoms with Gasteiger partial charge in [0.1, 0.15) is 5.82 Å². The number of allylic oxidation sites excluding steroid dienone is 1. The van der Waals surface area contributed by atoms with Crippen molar-refractivity contribution in [1.82, 2.24) is 27.8 Å². The van der Waals surface area contributed by atoms with E-state index in [0.717, 1.165) is 82.1 Å². The fraction of sp³-hybridized carbons (Fsp3) is 0.0597. The molecule has 2 aliphatic carbocycles. The zero-order valence-electron chi connectivity index (χ0n) is 40.0. The summed E-state index contributed by atoms with van der Waals surface area (Å²) in [7, 11) is 0. The molecule has 6 heteroatoms. The summed E-state index contributed by atoms with van der Waals surface area (Å²) in [5, 5.41) is 9.99. The molecule has 0 saturated heterocycles. The topological polar surface area (TPSA) is 37.5 Å². The SMILES string of the molecule is C1=Cc2c(c3ccccc3n2-c2ccc(-c3nc4cc5c(cc4n3-c3ccc4c(c3)c3ccccc3n4-c3ccccc3)c3c(n5-c4ccc5c(c4)c4ccccc4n5-c4ccccc4)=CCCC=3)cc2)CC1. The largest absolute Gasteiger partial charge is 0.310 e. The second kappa shape index (κ2) is 15.6. The standard InChI is InChI=1S/C67H46N6/c1-3-17-44(18-4-1)69-60-28-14-9-23-51(60)54-39-47(35-37-63(54)69)72-62-30-16-11-25-53(62)56-41-66-57(42-65(56)72)68-67(43-31-33-46(34-32-43)71-58-26-12-7-21-49(58)50-22-8-13-27-59(50)71)73(66)48-36-38-64-55(40-48)52-24-10-15-29-61(52)70(64)45-19-5-2-6-20-45/h1-7,9-10,12-15,17-21,23-42H,8,11,16,22H2. The van der Waals surface area contributed by atoms with E-state index < -0.39 is 0 Å². The van der Waals surface area contributed by atoms with Gasteiger partial charge in [-0.1, -0.05) is 109 Å². The van der Waals surface area contributed by atoms with Crippen molar-refractivity contribution in [2.75, 3.05) is 0 Å². The molecule has 14 aromatic rings. The Balaban J connectivity index is 0.936. The van der Waals surface area contributed by atoms with Crippen LogP contribution in [-0.4, -0.2) is 27.8 Å². The molecule has 0 aliphatic heterocycles. The van der Waals surface area contributed by atoms with Gasteiger partial charge in [-0.2, -0.15) is 0 Å². The maximum Gasteiger partial charge on any atom is 0.145 e. The van der Waals surface area contributed by atoms with Gasteiger partial charge < -0.3 is 18.3 Å². The third-order valence-corrected chi connectivity index (χ3v) is 15.8. The Morgan fingerprint density at radius 2 is 0.877 bits per heavy atom. The minimum absolute atomic E-state index is 0.908.